The molecule has 1 atom stereocenters. The third-order valence-electron chi connectivity index (χ3n) is 3.92. The molecule has 7 nitrogen and oxygen atoms in total. The van der Waals surface area contributed by atoms with Gasteiger partial charge in [-0.2, -0.15) is 5.10 Å². The van der Waals surface area contributed by atoms with E-state index in [0.29, 0.717) is 18.9 Å². The van der Waals surface area contributed by atoms with Crippen LogP contribution < -0.4 is 5.73 Å². The minimum Gasteiger partial charge on any atom is -0.383 e. The summed E-state index contributed by atoms with van der Waals surface area (Å²) in [5.74, 6) is 0.416. The number of nitrogens with zero attached hydrogens (tertiary/aromatic N) is 5. The van der Waals surface area contributed by atoms with Crippen molar-refractivity contribution < 1.29 is 4.79 Å². The summed E-state index contributed by atoms with van der Waals surface area (Å²) in [6, 6.07) is 0.117. The highest BCUT2D eigenvalue weighted by Crippen LogP contribution is 2.28. The number of carbonyl (C=O) groups is 1. The first-order chi connectivity index (χ1) is 10.2. The van der Waals surface area contributed by atoms with Crippen molar-refractivity contribution in [2.45, 2.75) is 25.8 Å². The van der Waals surface area contributed by atoms with Gasteiger partial charge in [-0.3, -0.25) is 4.79 Å². The third kappa shape index (κ3) is 2.14. The number of aromatic nitrogens is 4. The number of amides is 1. The summed E-state index contributed by atoms with van der Waals surface area (Å²) in [7, 11) is 0. The Hall–Kier alpha value is -2.44. The second-order valence-corrected chi connectivity index (χ2v) is 5.13. The van der Waals surface area contributed by atoms with Crippen molar-refractivity contribution in [2.75, 3.05) is 18.8 Å². The number of aryl methyl sites for hydroxylation is 1. The van der Waals surface area contributed by atoms with Crippen molar-refractivity contribution in [1.29, 1.82) is 0 Å². The smallest absolute Gasteiger partial charge is 0.246 e. The molecule has 0 aromatic carbocycles. The van der Waals surface area contributed by atoms with Gasteiger partial charge in [-0.1, -0.05) is 13.5 Å². The topological polar surface area (TPSA) is 89.9 Å². The summed E-state index contributed by atoms with van der Waals surface area (Å²) in [6.45, 7) is 6.89. The molecular formula is C14H18N6O. The van der Waals surface area contributed by atoms with E-state index in [4.69, 9.17) is 5.73 Å². The van der Waals surface area contributed by atoms with Gasteiger partial charge in [0.2, 0.25) is 5.91 Å². The van der Waals surface area contributed by atoms with Crippen LogP contribution in [0.5, 0.6) is 0 Å². The van der Waals surface area contributed by atoms with Gasteiger partial charge in [-0.15, -0.1) is 0 Å². The third-order valence-corrected chi connectivity index (χ3v) is 3.92. The van der Waals surface area contributed by atoms with Gasteiger partial charge in [0.1, 0.15) is 12.1 Å². The van der Waals surface area contributed by atoms with E-state index in [1.54, 1.807) is 4.90 Å². The van der Waals surface area contributed by atoms with E-state index < -0.39 is 0 Å². The van der Waals surface area contributed by atoms with Gasteiger partial charge in [0.15, 0.2) is 5.65 Å². The number of hydrogen-bond donors (Lipinski definition) is 1. The van der Waals surface area contributed by atoms with Crippen molar-refractivity contribution >= 4 is 22.8 Å². The predicted molar refractivity (Wildman–Crippen MR) is 79.5 cm³/mol. The zero-order chi connectivity index (χ0) is 15.0. The molecule has 21 heavy (non-hydrogen) atoms. The molecule has 0 radical (unpaired) electrons. The van der Waals surface area contributed by atoms with E-state index in [0.717, 1.165) is 29.6 Å². The monoisotopic (exact) mass is 286 g/mol. The van der Waals surface area contributed by atoms with E-state index in [9.17, 15) is 4.79 Å². The Kier molecular flexibility index (Phi) is 3.32. The lowest BCUT2D eigenvalue weighted by molar-refractivity contribution is -0.125. The largest absolute Gasteiger partial charge is 0.383 e. The SMILES string of the molecule is C=CC(=O)N1CC[C@H](n2nc(CC)c3c(N)ncnc32)C1. The molecule has 3 rings (SSSR count). The summed E-state index contributed by atoms with van der Waals surface area (Å²) in [4.78, 5) is 21.9. The van der Waals surface area contributed by atoms with Gasteiger partial charge in [-0.05, 0) is 18.9 Å². The number of nitrogen functional groups attached to an aromatic ring is 1. The maximum absolute atomic E-state index is 11.7. The molecule has 7 heteroatoms. The van der Waals surface area contributed by atoms with Crippen LogP contribution in [0.25, 0.3) is 11.0 Å². The highest BCUT2D eigenvalue weighted by Gasteiger charge is 2.29. The van der Waals surface area contributed by atoms with Gasteiger partial charge in [0.25, 0.3) is 0 Å². The molecule has 1 fully saturated rings. The average Bonchev–Trinajstić information content (AvgIpc) is 3.11. The number of anilines is 1. The highest BCUT2D eigenvalue weighted by atomic mass is 16.2. The van der Waals surface area contributed by atoms with Crippen LogP contribution in [0.1, 0.15) is 25.1 Å². The zero-order valence-corrected chi connectivity index (χ0v) is 12.0. The molecule has 0 bridgehead atoms. The van der Waals surface area contributed by atoms with Gasteiger partial charge >= 0.3 is 0 Å². The first kappa shape index (κ1) is 13.5. The minimum absolute atomic E-state index is 0.0428. The normalized spacial score (nSPS) is 18.3. The fourth-order valence-electron chi connectivity index (χ4n) is 2.84. The standard InChI is InChI=1S/C14H18N6O/c1-3-10-12-13(15)16-8-17-14(12)20(18-10)9-5-6-19(7-9)11(21)4-2/h4,8-9H,2-3,5-7H2,1H3,(H2,15,16,17)/t9-/m0/s1. The van der Waals surface area contributed by atoms with E-state index in [-0.39, 0.29) is 11.9 Å². The van der Waals surface area contributed by atoms with Gasteiger partial charge in [0.05, 0.1) is 17.1 Å². The molecule has 0 unspecified atom stereocenters. The number of likely N-dealkylation sites (tertiary alicyclic amines) is 1. The van der Waals surface area contributed by atoms with Crippen LogP contribution in [0.3, 0.4) is 0 Å². The molecule has 1 saturated heterocycles. The Labute approximate surface area is 122 Å². The van der Waals surface area contributed by atoms with Crippen LogP contribution in [-0.2, 0) is 11.2 Å². The molecule has 1 aliphatic rings. The summed E-state index contributed by atoms with van der Waals surface area (Å²) < 4.78 is 1.89. The minimum atomic E-state index is -0.0428. The zero-order valence-electron chi connectivity index (χ0n) is 12.0. The Morgan fingerprint density at radius 1 is 1.57 bits per heavy atom. The molecule has 1 aliphatic heterocycles. The van der Waals surface area contributed by atoms with Crippen molar-refractivity contribution in [1.82, 2.24) is 24.6 Å². The van der Waals surface area contributed by atoms with E-state index in [1.807, 2.05) is 11.6 Å². The molecule has 1 amide bonds. The van der Waals surface area contributed by atoms with Crippen LogP contribution in [0.15, 0.2) is 19.0 Å². The maximum Gasteiger partial charge on any atom is 0.246 e. The van der Waals surface area contributed by atoms with Crippen LogP contribution in [0.2, 0.25) is 0 Å². The van der Waals surface area contributed by atoms with E-state index in [1.165, 1.54) is 12.4 Å². The van der Waals surface area contributed by atoms with Gasteiger partial charge in [0, 0.05) is 13.1 Å². The molecule has 2 aromatic rings. The predicted octanol–water partition coefficient (Wildman–Crippen LogP) is 0.930. The maximum atomic E-state index is 11.7. The number of fused-ring (bicyclic) bond motifs is 1. The van der Waals surface area contributed by atoms with Crippen LogP contribution in [0, 0.1) is 0 Å². The molecule has 0 saturated carbocycles. The second kappa shape index (κ2) is 5.16. The summed E-state index contributed by atoms with van der Waals surface area (Å²) in [6.07, 6.45) is 4.42. The Morgan fingerprint density at radius 2 is 2.38 bits per heavy atom. The average molecular weight is 286 g/mol. The van der Waals surface area contributed by atoms with Crippen LogP contribution in [0.4, 0.5) is 5.82 Å². The number of rotatable bonds is 3. The van der Waals surface area contributed by atoms with Gasteiger partial charge in [-0.25, -0.2) is 14.6 Å². The number of carbonyl (C=O) groups excluding carboxylic acids is 1. The summed E-state index contributed by atoms with van der Waals surface area (Å²) in [5.41, 5.74) is 7.61. The lowest BCUT2D eigenvalue weighted by Crippen LogP contribution is -2.27. The Bertz CT molecular complexity index is 707. The Balaban J connectivity index is 2.00. The first-order valence-corrected chi connectivity index (χ1v) is 7.04. The Morgan fingerprint density at radius 3 is 3.10 bits per heavy atom. The van der Waals surface area contributed by atoms with Crippen molar-refractivity contribution in [3.8, 4) is 0 Å². The number of nitrogens with two attached hydrogens (primary N) is 1. The van der Waals surface area contributed by atoms with E-state index >= 15 is 0 Å². The quantitative estimate of drug-likeness (QED) is 0.848. The number of hydrogen-bond acceptors (Lipinski definition) is 5. The van der Waals surface area contributed by atoms with Crippen LogP contribution >= 0.6 is 0 Å². The van der Waals surface area contributed by atoms with Crippen LogP contribution in [-0.4, -0.2) is 43.6 Å². The molecule has 2 N–H and O–H groups in total. The summed E-state index contributed by atoms with van der Waals surface area (Å²) in [5, 5.41) is 5.47. The summed E-state index contributed by atoms with van der Waals surface area (Å²) >= 11 is 0. The molecule has 2 aromatic heterocycles. The molecule has 3 heterocycles. The highest BCUT2D eigenvalue weighted by molar-refractivity contribution is 5.88. The fraction of sp³-hybridized carbons (Fsp3) is 0.429. The van der Waals surface area contributed by atoms with Crippen molar-refractivity contribution in [2.24, 2.45) is 0 Å². The first-order valence-electron chi connectivity index (χ1n) is 7.04. The fourth-order valence-corrected chi connectivity index (χ4v) is 2.84. The lowest BCUT2D eigenvalue weighted by atomic mass is 10.2. The molecular weight excluding hydrogens is 268 g/mol. The molecule has 0 aliphatic carbocycles. The van der Waals surface area contributed by atoms with E-state index in [2.05, 4.69) is 21.6 Å². The molecule has 110 valence electrons. The second-order valence-electron chi connectivity index (χ2n) is 5.13. The van der Waals surface area contributed by atoms with Gasteiger partial charge < -0.3 is 10.6 Å². The lowest BCUT2D eigenvalue weighted by Gasteiger charge is -2.14. The van der Waals surface area contributed by atoms with Crippen molar-refractivity contribution in [3.05, 3.63) is 24.7 Å². The molecule has 0 spiro atoms. The van der Waals surface area contributed by atoms with Crippen molar-refractivity contribution in [3.63, 3.8) is 0 Å².